The highest BCUT2D eigenvalue weighted by Crippen LogP contribution is 2.12. The van der Waals surface area contributed by atoms with E-state index >= 15 is 0 Å². The fraction of sp³-hybridized carbons (Fsp3) is 0.929. The number of carboxylic acid groups (broad SMARTS) is 1. The topological polar surface area (TPSA) is 58.6 Å². The first kappa shape index (κ1) is 17.4. The lowest BCUT2D eigenvalue weighted by molar-refractivity contribution is -0.142. The fourth-order valence-corrected chi connectivity index (χ4v) is 2.05. The van der Waals surface area contributed by atoms with Gasteiger partial charge in [0.25, 0.3) is 0 Å². The van der Waals surface area contributed by atoms with Crippen molar-refractivity contribution in [2.24, 2.45) is 11.8 Å². The van der Waals surface area contributed by atoms with Gasteiger partial charge in [-0.25, -0.2) is 0 Å². The number of carboxylic acids is 1. The smallest absolute Gasteiger partial charge is 0.307 e. The van der Waals surface area contributed by atoms with Crippen LogP contribution in [0, 0.1) is 11.8 Å². The minimum atomic E-state index is -0.706. The van der Waals surface area contributed by atoms with Crippen LogP contribution in [0.15, 0.2) is 0 Å². The number of aliphatic carboxylic acids is 1. The van der Waals surface area contributed by atoms with Gasteiger partial charge in [0, 0.05) is 19.7 Å². The van der Waals surface area contributed by atoms with Crippen molar-refractivity contribution in [2.45, 2.75) is 52.5 Å². The van der Waals surface area contributed by atoms with E-state index in [1.165, 1.54) is 0 Å². The van der Waals surface area contributed by atoms with Crippen molar-refractivity contribution < 1.29 is 14.6 Å². The SMILES string of the molecule is CCCCC(COC)NCC(CC(C)C)C(=O)O. The van der Waals surface area contributed by atoms with Gasteiger partial charge in [0.15, 0.2) is 0 Å². The zero-order valence-electron chi connectivity index (χ0n) is 12.2. The molecule has 0 radical (unpaired) electrons. The number of methoxy groups -OCH3 is 1. The predicted octanol–water partition coefficient (Wildman–Crippen LogP) is 2.53. The molecule has 0 aliphatic heterocycles. The molecule has 2 N–H and O–H groups in total. The van der Waals surface area contributed by atoms with Gasteiger partial charge in [-0.05, 0) is 18.8 Å². The van der Waals surface area contributed by atoms with Crippen LogP contribution in [0.2, 0.25) is 0 Å². The Bertz CT molecular complexity index is 219. The first-order valence-corrected chi connectivity index (χ1v) is 6.96. The molecular formula is C14H29NO3. The van der Waals surface area contributed by atoms with Crippen LogP contribution in [0.3, 0.4) is 0 Å². The van der Waals surface area contributed by atoms with E-state index in [1.54, 1.807) is 7.11 Å². The Morgan fingerprint density at radius 2 is 2.06 bits per heavy atom. The summed E-state index contributed by atoms with van der Waals surface area (Å²) in [4.78, 5) is 11.1. The minimum absolute atomic E-state index is 0.268. The first-order valence-electron chi connectivity index (χ1n) is 6.96. The first-order chi connectivity index (χ1) is 8.51. The molecule has 0 aromatic carbocycles. The van der Waals surface area contributed by atoms with E-state index in [4.69, 9.17) is 9.84 Å². The molecule has 18 heavy (non-hydrogen) atoms. The van der Waals surface area contributed by atoms with Crippen molar-refractivity contribution in [2.75, 3.05) is 20.3 Å². The van der Waals surface area contributed by atoms with Crippen molar-refractivity contribution in [3.05, 3.63) is 0 Å². The van der Waals surface area contributed by atoms with E-state index in [2.05, 4.69) is 26.1 Å². The second kappa shape index (κ2) is 10.3. The molecule has 2 atom stereocenters. The summed E-state index contributed by atoms with van der Waals surface area (Å²) in [6, 6.07) is 0.268. The van der Waals surface area contributed by atoms with Crippen LogP contribution in [-0.4, -0.2) is 37.4 Å². The van der Waals surface area contributed by atoms with Crippen LogP contribution >= 0.6 is 0 Å². The van der Waals surface area contributed by atoms with Crippen LogP contribution in [0.4, 0.5) is 0 Å². The number of ether oxygens (including phenoxy) is 1. The Kier molecular flexibility index (Phi) is 9.98. The summed E-state index contributed by atoms with van der Waals surface area (Å²) in [5, 5.41) is 12.5. The van der Waals surface area contributed by atoms with E-state index in [-0.39, 0.29) is 12.0 Å². The molecule has 0 spiro atoms. The van der Waals surface area contributed by atoms with E-state index in [1.807, 2.05) is 0 Å². The lowest BCUT2D eigenvalue weighted by Crippen LogP contribution is -2.39. The lowest BCUT2D eigenvalue weighted by atomic mass is 9.96. The van der Waals surface area contributed by atoms with Crippen LogP contribution < -0.4 is 5.32 Å². The number of hydrogen-bond acceptors (Lipinski definition) is 3. The molecule has 0 rings (SSSR count). The molecule has 0 aliphatic carbocycles. The monoisotopic (exact) mass is 259 g/mol. The van der Waals surface area contributed by atoms with E-state index in [0.717, 1.165) is 25.7 Å². The zero-order chi connectivity index (χ0) is 14.0. The molecule has 0 aliphatic rings. The molecule has 0 saturated carbocycles. The third-order valence-electron chi connectivity index (χ3n) is 3.03. The summed E-state index contributed by atoms with van der Waals surface area (Å²) in [7, 11) is 1.68. The van der Waals surface area contributed by atoms with Crippen LogP contribution in [0.25, 0.3) is 0 Å². The van der Waals surface area contributed by atoms with Crippen LogP contribution in [0.1, 0.15) is 46.5 Å². The lowest BCUT2D eigenvalue weighted by Gasteiger charge is -2.21. The van der Waals surface area contributed by atoms with Crippen LogP contribution in [-0.2, 0) is 9.53 Å². The summed E-state index contributed by atoms with van der Waals surface area (Å²) in [6.45, 7) is 7.45. The minimum Gasteiger partial charge on any atom is -0.481 e. The number of hydrogen-bond donors (Lipinski definition) is 2. The van der Waals surface area contributed by atoms with Gasteiger partial charge < -0.3 is 15.2 Å². The van der Waals surface area contributed by atoms with Gasteiger partial charge in [0.05, 0.1) is 12.5 Å². The second-order valence-electron chi connectivity index (χ2n) is 5.37. The van der Waals surface area contributed by atoms with Gasteiger partial charge in [-0.1, -0.05) is 33.6 Å². The maximum atomic E-state index is 11.1. The van der Waals surface area contributed by atoms with E-state index < -0.39 is 5.97 Å². The highest BCUT2D eigenvalue weighted by Gasteiger charge is 2.20. The fourth-order valence-electron chi connectivity index (χ4n) is 2.05. The normalized spacial score (nSPS) is 14.7. The molecule has 108 valence electrons. The number of unbranched alkanes of at least 4 members (excludes halogenated alkanes) is 1. The highest BCUT2D eigenvalue weighted by molar-refractivity contribution is 5.70. The Morgan fingerprint density at radius 1 is 1.39 bits per heavy atom. The summed E-state index contributed by atoms with van der Waals surface area (Å²) >= 11 is 0. The number of carbonyl (C=O) groups is 1. The number of rotatable bonds is 11. The maximum Gasteiger partial charge on any atom is 0.307 e. The van der Waals surface area contributed by atoms with Crippen molar-refractivity contribution in [3.8, 4) is 0 Å². The highest BCUT2D eigenvalue weighted by atomic mass is 16.5. The quantitative estimate of drug-likeness (QED) is 0.598. The molecule has 0 aromatic heterocycles. The molecule has 0 amide bonds. The van der Waals surface area contributed by atoms with Crippen molar-refractivity contribution in [3.63, 3.8) is 0 Å². The number of nitrogens with one attached hydrogen (secondary N) is 1. The van der Waals surface area contributed by atoms with Crippen molar-refractivity contribution >= 4 is 5.97 Å². The average Bonchev–Trinajstić information content (AvgIpc) is 2.30. The Hall–Kier alpha value is -0.610. The van der Waals surface area contributed by atoms with Crippen molar-refractivity contribution in [1.29, 1.82) is 0 Å². The zero-order valence-corrected chi connectivity index (χ0v) is 12.2. The Morgan fingerprint density at radius 3 is 2.50 bits per heavy atom. The van der Waals surface area contributed by atoms with Crippen LogP contribution in [0.5, 0.6) is 0 Å². The molecule has 0 bridgehead atoms. The third kappa shape index (κ3) is 8.48. The average molecular weight is 259 g/mol. The molecule has 2 unspecified atom stereocenters. The maximum absolute atomic E-state index is 11.1. The molecule has 4 nitrogen and oxygen atoms in total. The predicted molar refractivity (Wildman–Crippen MR) is 73.8 cm³/mol. The summed E-state index contributed by atoms with van der Waals surface area (Å²) in [6.07, 6.45) is 4.05. The van der Waals surface area contributed by atoms with E-state index in [9.17, 15) is 4.79 Å². The van der Waals surface area contributed by atoms with Gasteiger partial charge in [0.2, 0.25) is 0 Å². The van der Waals surface area contributed by atoms with Gasteiger partial charge in [-0.3, -0.25) is 4.79 Å². The molecule has 0 aromatic rings. The summed E-state index contributed by atoms with van der Waals surface area (Å²) in [5.41, 5.74) is 0. The van der Waals surface area contributed by atoms with Crippen molar-refractivity contribution in [1.82, 2.24) is 5.32 Å². The Labute approximate surface area is 111 Å². The molecular weight excluding hydrogens is 230 g/mol. The molecule has 0 saturated heterocycles. The summed E-state index contributed by atoms with van der Waals surface area (Å²) in [5.74, 6) is -0.599. The van der Waals surface area contributed by atoms with E-state index in [0.29, 0.717) is 19.1 Å². The standard InChI is InChI=1S/C14H29NO3/c1-5-6-7-13(10-18-4)15-9-12(14(16)17)8-11(2)3/h11-13,15H,5-10H2,1-4H3,(H,16,17). The Balaban J connectivity index is 4.13. The summed E-state index contributed by atoms with van der Waals surface area (Å²) < 4.78 is 5.16. The molecule has 4 heteroatoms. The van der Waals surface area contributed by atoms with Gasteiger partial charge in [-0.2, -0.15) is 0 Å². The van der Waals surface area contributed by atoms with Gasteiger partial charge in [-0.15, -0.1) is 0 Å². The van der Waals surface area contributed by atoms with Gasteiger partial charge in [0.1, 0.15) is 0 Å². The van der Waals surface area contributed by atoms with Gasteiger partial charge >= 0.3 is 5.97 Å². The largest absolute Gasteiger partial charge is 0.481 e. The second-order valence-corrected chi connectivity index (χ2v) is 5.37. The third-order valence-corrected chi connectivity index (χ3v) is 3.03. The molecule has 0 fully saturated rings. The molecule has 0 heterocycles.